The quantitative estimate of drug-likeness (QED) is 0.922. The number of likely N-dealkylation sites (N-methyl/N-ethyl adjacent to an activating group) is 1. The van der Waals surface area contributed by atoms with Gasteiger partial charge in [-0.25, -0.2) is 4.98 Å². The summed E-state index contributed by atoms with van der Waals surface area (Å²) in [4.78, 5) is 18.3. The lowest BCUT2D eigenvalue weighted by molar-refractivity contribution is -0.121. The average Bonchev–Trinajstić information content (AvgIpc) is 3.15. The van der Waals surface area contributed by atoms with Crippen LogP contribution < -0.4 is 10.2 Å². The summed E-state index contributed by atoms with van der Waals surface area (Å²) in [5.74, 6) is 2.14. The zero-order valence-electron chi connectivity index (χ0n) is 13.5. The molecule has 1 fully saturated rings. The number of hydrogen-bond acceptors (Lipinski definition) is 5. The number of nitrogens with zero attached hydrogens (tertiary/aromatic N) is 5. The fourth-order valence-corrected chi connectivity index (χ4v) is 2.47. The van der Waals surface area contributed by atoms with Gasteiger partial charge < -0.3 is 10.2 Å². The molecule has 118 valence electrons. The van der Waals surface area contributed by atoms with Crippen molar-refractivity contribution in [3.8, 4) is 0 Å². The van der Waals surface area contributed by atoms with E-state index in [2.05, 4.69) is 20.5 Å². The molecule has 0 unspecified atom stereocenters. The molecule has 1 saturated carbocycles. The lowest BCUT2D eigenvalue weighted by Gasteiger charge is -2.23. The Labute approximate surface area is 129 Å². The van der Waals surface area contributed by atoms with E-state index in [1.54, 1.807) is 6.20 Å². The normalized spacial score (nSPS) is 15.1. The third-order valence-corrected chi connectivity index (χ3v) is 3.53. The number of fused-ring (bicyclic) bond motifs is 1. The largest absolute Gasteiger partial charge is 0.350 e. The van der Waals surface area contributed by atoms with Crippen LogP contribution in [0.3, 0.4) is 0 Å². The first-order valence-electron chi connectivity index (χ1n) is 7.57. The van der Waals surface area contributed by atoms with E-state index in [1.165, 1.54) is 12.8 Å². The number of anilines is 1. The van der Waals surface area contributed by atoms with Crippen LogP contribution in [0.15, 0.2) is 12.4 Å². The molecule has 0 spiro atoms. The van der Waals surface area contributed by atoms with Gasteiger partial charge in [-0.05, 0) is 33.6 Å². The maximum atomic E-state index is 12.1. The van der Waals surface area contributed by atoms with Crippen molar-refractivity contribution in [2.24, 2.45) is 0 Å². The molecule has 22 heavy (non-hydrogen) atoms. The molecule has 0 saturated heterocycles. The summed E-state index contributed by atoms with van der Waals surface area (Å²) in [5, 5.41) is 11.5. The molecule has 1 N–H and O–H groups in total. The summed E-state index contributed by atoms with van der Waals surface area (Å²) < 4.78 is 1.98. The minimum atomic E-state index is -0.245. The van der Waals surface area contributed by atoms with Crippen molar-refractivity contribution in [1.82, 2.24) is 24.9 Å². The number of amides is 1. The zero-order chi connectivity index (χ0) is 15.9. The van der Waals surface area contributed by atoms with E-state index in [9.17, 15) is 4.79 Å². The summed E-state index contributed by atoms with van der Waals surface area (Å²) >= 11 is 0. The third kappa shape index (κ3) is 3.03. The molecular weight excluding hydrogens is 280 g/mol. The van der Waals surface area contributed by atoms with Gasteiger partial charge in [0.15, 0.2) is 5.82 Å². The molecule has 1 amide bonds. The number of rotatable bonds is 4. The maximum absolute atomic E-state index is 12.1. The lowest BCUT2D eigenvalue weighted by atomic mass is 10.1. The van der Waals surface area contributed by atoms with Crippen LogP contribution >= 0.6 is 0 Å². The van der Waals surface area contributed by atoms with Gasteiger partial charge in [0.2, 0.25) is 11.6 Å². The molecular formula is C15H22N6O. The number of hydrogen-bond donors (Lipinski definition) is 1. The van der Waals surface area contributed by atoms with Crippen molar-refractivity contribution < 1.29 is 4.79 Å². The number of aromatic nitrogens is 4. The van der Waals surface area contributed by atoms with Crippen molar-refractivity contribution >= 4 is 17.4 Å². The van der Waals surface area contributed by atoms with E-state index in [4.69, 9.17) is 0 Å². The highest BCUT2D eigenvalue weighted by atomic mass is 16.2. The highest BCUT2D eigenvalue weighted by Crippen LogP contribution is 2.39. The van der Waals surface area contributed by atoms with Crippen LogP contribution in [0.5, 0.6) is 0 Å². The summed E-state index contributed by atoms with van der Waals surface area (Å²) in [6.07, 6.45) is 5.95. The topological polar surface area (TPSA) is 75.4 Å². The highest BCUT2D eigenvalue weighted by molar-refractivity contribution is 5.82. The van der Waals surface area contributed by atoms with Gasteiger partial charge in [-0.3, -0.25) is 9.20 Å². The molecule has 0 radical (unpaired) electrons. The van der Waals surface area contributed by atoms with Crippen molar-refractivity contribution in [3.63, 3.8) is 0 Å². The van der Waals surface area contributed by atoms with Gasteiger partial charge in [0.25, 0.3) is 0 Å². The molecule has 7 nitrogen and oxygen atoms in total. The number of nitrogens with one attached hydrogen (secondary N) is 1. The lowest BCUT2D eigenvalue weighted by Crippen LogP contribution is -2.45. The molecule has 2 aromatic heterocycles. The Morgan fingerprint density at radius 1 is 1.41 bits per heavy atom. The number of carbonyl (C=O) groups excluding carboxylic acids is 1. The van der Waals surface area contributed by atoms with E-state index in [1.807, 2.05) is 43.3 Å². The standard InChI is InChI=1S/C15H22N6O/c1-15(2,3)17-11(22)9-20(4)13-14-19-18-12(10-5-6-10)21(14)8-7-16-13/h7-8,10H,5-6,9H2,1-4H3,(H,17,22). The SMILES string of the molecule is CN(CC(=O)NC(C)(C)C)c1nccn2c(C3CC3)nnc12. The Hall–Kier alpha value is -2.18. The highest BCUT2D eigenvalue weighted by Gasteiger charge is 2.29. The van der Waals surface area contributed by atoms with Crippen LogP contribution in [-0.2, 0) is 4.79 Å². The minimum Gasteiger partial charge on any atom is -0.350 e. The van der Waals surface area contributed by atoms with E-state index in [-0.39, 0.29) is 18.0 Å². The summed E-state index contributed by atoms with van der Waals surface area (Å²) in [6.45, 7) is 6.12. The van der Waals surface area contributed by atoms with E-state index >= 15 is 0 Å². The van der Waals surface area contributed by atoms with Gasteiger partial charge in [-0.2, -0.15) is 0 Å². The van der Waals surface area contributed by atoms with Crippen LogP contribution in [-0.4, -0.2) is 44.6 Å². The molecule has 0 aromatic carbocycles. The fourth-order valence-electron chi connectivity index (χ4n) is 2.47. The Bertz CT molecular complexity index is 698. The van der Waals surface area contributed by atoms with Crippen molar-refractivity contribution in [2.45, 2.75) is 45.1 Å². The minimum absolute atomic E-state index is 0.0410. The Balaban J connectivity index is 1.82. The Kier molecular flexibility index (Phi) is 3.50. The second-order valence-corrected chi connectivity index (χ2v) is 6.93. The summed E-state index contributed by atoms with van der Waals surface area (Å²) in [7, 11) is 1.84. The molecule has 0 aliphatic heterocycles. The first kappa shape index (κ1) is 14.7. The molecule has 1 aliphatic carbocycles. The molecule has 7 heteroatoms. The summed E-state index contributed by atoms with van der Waals surface area (Å²) in [5.41, 5.74) is 0.459. The van der Waals surface area contributed by atoms with Crippen molar-refractivity contribution in [2.75, 3.05) is 18.5 Å². The van der Waals surface area contributed by atoms with Crippen molar-refractivity contribution in [3.05, 3.63) is 18.2 Å². The van der Waals surface area contributed by atoms with Gasteiger partial charge in [0.1, 0.15) is 5.82 Å². The van der Waals surface area contributed by atoms with Gasteiger partial charge in [0, 0.05) is 30.9 Å². The van der Waals surface area contributed by atoms with Gasteiger partial charge in [0.05, 0.1) is 6.54 Å². The predicted molar refractivity (Wildman–Crippen MR) is 83.9 cm³/mol. The Morgan fingerprint density at radius 3 is 2.77 bits per heavy atom. The molecule has 1 aliphatic rings. The Morgan fingerprint density at radius 2 is 2.14 bits per heavy atom. The third-order valence-electron chi connectivity index (χ3n) is 3.53. The zero-order valence-corrected chi connectivity index (χ0v) is 13.5. The second-order valence-electron chi connectivity index (χ2n) is 6.93. The first-order chi connectivity index (χ1) is 10.3. The van der Waals surface area contributed by atoms with Crippen LogP contribution in [0, 0.1) is 0 Å². The van der Waals surface area contributed by atoms with E-state index in [0.29, 0.717) is 17.4 Å². The van der Waals surface area contributed by atoms with E-state index < -0.39 is 0 Å². The van der Waals surface area contributed by atoms with Gasteiger partial charge in [-0.15, -0.1) is 10.2 Å². The summed E-state index contributed by atoms with van der Waals surface area (Å²) in [6, 6.07) is 0. The average molecular weight is 302 g/mol. The van der Waals surface area contributed by atoms with Crippen LogP contribution in [0.1, 0.15) is 45.4 Å². The van der Waals surface area contributed by atoms with Gasteiger partial charge in [-0.1, -0.05) is 0 Å². The van der Waals surface area contributed by atoms with Crippen LogP contribution in [0.25, 0.3) is 5.65 Å². The molecule has 3 rings (SSSR count). The van der Waals surface area contributed by atoms with Crippen molar-refractivity contribution in [1.29, 1.82) is 0 Å². The molecule has 2 heterocycles. The molecule has 0 atom stereocenters. The maximum Gasteiger partial charge on any atom is 0.239 e. The number of carbonyl (C=O) groups is 1. The fraction of sp³-hybridized carbons (Fsp3) is 0.600. The first-order valence-corrected chi connectivity index (χ1v) is 7.57. The van der Waals surface area contributed by atoms with E-state index in [0.717, 1.165) is 5.82 Å². The van der Waals surface area contributed by atoms with Crippen LogP contribution in [0.2, 0.25) is 0 Å². The monoisotopic (exact) mass is 302 g/mol. The van der Waals surface area contributed by atoms with Gasteiger partial charge >= 0.3 is 0 Å². The molecule has 2 aromatic rings. The second kappa shape index (κ2) is 5.23. The van der Waals surface area contributed by atoms with Crippen LogP contribution in [0.4, 0.5) is 5.82 Å². The predicted octanol–water partition coefficient (Wildman–Crippen LogP) is 1.35. The smallest absolute Gasteiger partial charge is 0.239 e. The molecule has 0 bridgehead atoms.